The van der Waals surface area contributed by atoms with E-state index in [1.165, 1.54) is 18.7 Å². The predicted octanol–water partition coefficient (Wildman–Crippen LogP) is 3.24. The molecule has 0 aliphatic carbocycles. The van der Waals surface area contributed by atoms with Crippen LogP contribution in [0, 0.1) is 0 Å². The SMILES string of the molecule is CC(=O)c1cccc(N=C2NC(=O)/C(=C\c3cccc(OCC(=O)O)c3)S2)c1. The van der Waals surface area contributed by atoms with E-state index in [1.807, 2.05) is 0 Å². The molecular formula is C20H16N2O5S. The van der Waals surface area contributed by atoms with Crippen molar-refractivity contribution in [2.75, 3.05) is 6.61 Å². The minimum absolute atomic E-state index is 0.0595. The molecule has 1 aliphatic heterocycles. The van der Waals surface area contributed by atoms with E-state index in [1.54, 1.807) is 54.6 Å². The molecule has 0 bridgehead atoms. The second kappa shape index (κ2) is 8.53. The molecular weight excluding hydrogens is 380 g/mol. The second-order valence-electron chi connectivity index (χ2n) is 5.84. The highest BCUT2D eigenvalue weighted by molar-refractivity contribution is 8.18. The third kappa shape index (κ3) is 5.08. The number of hydrogen-bond acceptors (Lipinski definition) is 6. The summed E-state index contributed by atoms with van der Waals surface area (Å²) in [4.78, 5) is 39.1. The molecule has 0 atom stereocenters. The van der Waals surface area contributed by atoms with Gasteiger partial charge in [-0.2, -0.15) is 0 Å². The number of nitrogens with one attached hydrogen (secondary N) is 1. The summed E-state index contributed by atoms with van der Waals surface area (Å²) in [5, 5.41) is 11.8. The van der Waals surface area contributed by atoms with Crippen LogP contribution in [0.25, 0.3) is 6.08 Å². The summed E-state index contributed by atoms with van der Waals surface area (Å²) in [6, 6.07) is 13.6. The maximum absolute atomic E-state index is 12.2. The van der Waals surface area contributed by atoms with Crippen molar-refractivity contribution in [1.82, 2.24) is 5.32 Å². The van der Waals surface area contributed by atoms with E-state index in [0.29, 0.717) is 32.6 Å². The number of rotatable bonds is 6. The van der Waals surface area contributed by atoms with Gasteiger partial charge in [-0.25, -0.2) is 9.79 Å². The third-order valence-corrected chi connectivity index (χ3v) is 4.56. The number of carbonyl (C=O) groups excluding carboxylic acids is 2. The first-order valence-electron chi connectivity index (χ1n) is 8.26. The van der Waals surface area contributed by atoms with E-state index >= 15 is 0 Å². The number of carboxylic acids is 1. The number of amides is 1. The Balaban J connectivity index is 1.77. The summed E-state index contributed by atoms with van der Waals surface area (Å²) in [6.45, 7) is 1.04. The Morgan fingerprint density at radius 2 is 2.00 bits per heavy atom. The molecule has 8 heteroatoms. The van der Waals surface area contributed by atoms with Gasteiger partial charge in [0.05, 0.1) is 10.6 Å². The second-order valence-corrected chi connectivity index (χ2v) is 6.87. The van der Waals surface area contributed by atoms with Crippen molar-refractivity contribution < 1.29 is 24.2 Å². The van der Waals surface area contributed by atoms with Gasteiger partial charge in [-0.15, -0.1) is 0 Å². The zero-order valence-electron chi connectivity index (χ0n) is 14.8. The molecule has 28 heavy (non-hydrogen) atoms. The number of nitrogens with zero attached hydrogens (tertiary/aromatic N) is 1. The van der Waals surface area contributed by atoms with Crippen LogP contribution in [0.4, 0.5) is 5.69 Å². The lowest BCUT2D eigenvalue weighted by molar-refractivity contribution is -0.139. The fourth-order valence-corrected chi connectivity index (χ4v) is 3.22. The molecule has 3 rings (SSSR count). The van der Waals surface area contributed by atoms with E-state index < -0.39 is 12.6 Å². The first kappa shape index (κ1) is 19.4. The average Bonchev–Trinajstić information content (AvgIpc) is 2.99. The zero-order valence-corrected chi connectivity index (χ0v) is 15.7. The normalized spacial score (nSPS) is 16.2. The number of ketones is 1. The van der Waals surface area contributed by atoms with Crippen molar-refractivity contribution in [2.24, 2.45) is 4.99 Å². The molecule has 1 fully saturated rings. The minimum atomic E-state index is -1.07. The molecule has 0 saturated carbocycles. The summed E-state index contributed by atoms with van der Waals surface area (Å²) in [6.07, 6.45) is 1.67. The number of amidine groups is 1. The molecule has 7 nitrogen and oxygen atoms in total. The number of benzene rings is 2. The molecule has 2 aromatic rings. The van der Waals surface area contributed by atoms with Gasteiger partial charge < -0.3 is 15.2 Å². The third-order valence-electron chi connectivity index (χ3n) is 3.65. The van der Waals surface area contributed by atoms with Gasteiger partial charge in [0.25, 0.3) is 5.91 Å². The highest BCUT2D eigenvalue weighted by atomic mass is 32.2. The van der Waals surface area contributed by atoms with Crippen molar-refractivity contribution in [1.29, 1.82) is 0 Å². The van der Waals surface area contributed by atoms with Crippen LogP contribution < -0.4 is 10.1 Å². The number of carbonyl (C=O) groups is 3. The van der Waals surface area contributed by atoms with Gasteiger partial charge in [0.2, 0.25) is 0 Å². The maximum Gasteiger partial charge on any atom is 0.341 e. The van der Waals surface area contributed by atoms with Crippen LogP contribution in [0.3, 0.4) is 0 Å². The molecule has 2 N–H and O–H groups in total. The molecule has 0 unspecified atom stereocenters. The molecule has 0 spiro atoms. The Morgan fingerprint density at radius 3 is 2.75 bits per heavy atom. The van der Waals surface area contributed by atoms with Gasteiger partial charge in [0.15, 0.2) is 17.6 Å². The quantitative estimate of drug-likeness (QED) is 0.574. The van der Waals surface area contributed by atoms with Crippen LogP contribution in [0.15, 0.2) is 58.4 Å². The van der Waals surface area contributed by atoms with Crippen LogP contribution in [0.5, 0.6) is 5.75 Å². The van der Waals surface area contributed by atoms with Crippen LogP contribution in [0.2, 0.25) is 0 Å². The van der Waals surface area contributed by atoms with Gasteiger partial charge >= 0.3 is 5.97 Å². The smallest absolute Gasteiger partial charge is 0.341 e. The zero-order chi connectivity index (χ0) is 20.1. The lowest BCUT2D eigenvalue weighted by atomic mass is 10.1. The lowest BCUT2D eigenvalue weighted by Gasteiger charge is -2.03. The Morgan fingerprint density at radius 1 is 1.21 bits per heavy atom. The number of aliphatic carboxylic acids is 1. The van der Waals surface area contributed by atoms with E-state index in [9.17, 15) is 14.4 Å². The molecule has 0 aromatic heterocycles. The first-order chi connectivity index (χ1) is 13.4. The minimum Gasteiger partial charge on any atom is -0.482 e. The van der Waals surface area contributed by atoms with E-state index in [-0.39, 0.29) is 11.7 Å². The number of ether oxygens (including phenoxy) is 1. The summed E-state index contributed by atoms with van der Waals surface area (Å²) in [5.74, 6) is -1.02. The van der Waals surface area contributed by atoms with Crippen LogP contribution >= 0.6 is 11.8 Å². The van der Waals surface area contributed by atoms with Crippen LogP contribution in [0.1, 0.15) is 22.8 Å². The van der Waals surface area contributed by atoms with Crippen molar-refractivity contribution in [3.8, 4) is 5.75 Å². The Bertz CT molecular complexity index is 1010. The van der Waals surface area contributed by atoms with Gasteiger partial charge in [-0.05, 0) is 54.6 Å². The van der Waals surface area contributed by atoms with Crippen molar-refractivity contribution in [2.45, 2.75) is 6.92 Å². The van der Waals surface area contributed by atoms with Gasteiger partial charge in [0, 0.05) is 5.56 Å². The maximum atomic E-state index is 12.2. The summed E-state index contributed by atoms with van der Waals surface area (Å²) < 4.78 is 5.14. The fourth-order valence-electron chi connectivity index (χ4n) is 2.38. The number of thioether (sulfide) groups is 1. The topological polar surface area (TPSA) is 105 Å². The molecule has 0 radical (unpaired) electrons. The number of carboxylic acid groups (broad SMARTS) is 1. The molecule has 1 amide bonds. The van der Waals surface area contributed by atoms with Gasteiger partial charge in [-0.3, -0.25) is 9.59 Å². The van der Waals surface area contributed by atoms with Gasteiger partial charge in [0.1, 0.15) is 5.75 Å². The van der Waals surface area contributed by atoms with E-state index in [4.69, 9.17) is 9.84 Å². The highest BCUT2D eigenvalue weighted by Crippen LogP contribution is 2.29. The van der Waals surface area contributed by atoms with E-state index in [2.05, 4.69) is 10.3 Å². The standard InChI is InChI=1S/C20H16N2O5S/c1-12(23)14-5-3-6-15(10-14)21-20-22-19(26)17(28-20)9-13-4-2-7-16(8-13)27-11-18(24)25/h2-10H,11H2,1H3,(H,24,25)(H,21,22,26)/b17-9+. The lowest BCUT2D eigenvalue weighted by Crippen LogP contribution is -2.19. The van der Waals surface area contributed by atoms with Crippen molar-refractivity contribution in [3.05, 3.63) is 64.6 Å². The largest absolute Gasteiger partial charge is 0.482 e. The van der Waals surface area contributed by atoms with Crippen molar-refractivity contribution in [3.63, 3.8) is 0 Å². The fraction of sp³-hybridized carbons (Fsp3) is 0.100. The molecule has 142 valence electrons. The highest BCUT2D eigenvalue weighted by Gasteiger charge is 2.23. The number of aliphatic imine (C=N–C) groups is 1. The predicted molar refractivity (Wildman–Crippen MR) is 107 cm³/mol. The first-order valence-corrected chi connectivity index (χ1v) is 9.07. The number of Topliss-reactive ketones (excluding diaryl/α,β-unsaturated/α-hetero) is 1. The monoisotopic (exact) mass is 396 g/mol. The Hall–Kier alpha value is -3.39. The molecule has 1 aliphatic rings. The van der Waals surface area contributed by atoms with Crippen LogP contribution in [-0.4, -0.2) is 34.5 Å². The molecule has 2 aromatic carbocycles. The summed E-state index contributed by atoms with van der Waals surface area (Å²) >= 11 is 1.18. The Labute approximate surface area is 165 Å². The Kier molecular flexibility index (Phi) is 5.90. The van der Waals surface area contributed by atoms with E-state index in [0.717, 1.165) is 0 Å². The van der Waals surface area contributed by atoms with Crippen molar-refractivity contribution >= 4 is 46.4 Å². The van der Waals surface area contributed by atoms with Gasteiger partial charge in [-0.1, -0.05) is 24.3 Å². The summed E-state index contributed by atoms with van der Waals surface area (Å²) in [7, 11) is 0. The number of hydrogen-bond donors (Lipinski definition) is 2. The molecule has 1 heterocycles. The average molecular weight is 396 g/mol. The van der Waals surface area contributed by atoms with Crippen LogP contribution in [-0.2, 0) is 9.59 Å². The molecule has 1 saturated heterocycles. The summed E-state index contributed by atoms with van der Waals surface area (Å²) in [5.41, 5.74) is 1.81.